The number of carbonyl (C=O) groups is 1. The normalized spacial score (nSPS) is 11.0. The molecule has 4 aromatic rings. The molecule has 1 aromatic carbocycles. The Labute approximate surface area is 167 Å². The molecule has 0 aliphatic rings. The van der Waals surface area contributed by atoms with Crippen LogP contribution in [0.15, 0.2) is 46.6 Å². The number of fused-ring (bicyclic) bond motifs is 1. The first-order chi connectivity index (χ1) is 13.0. The van der Waals surface area contributed by atoms with E-state index >= 15 is 0 Å². The summed E-state index contributed by atoms with van der Waals surface area (Å²) < 4.78 is 1.28. The third-order valence-electron chi connectivity index (χ3n) is 4.19. The predicted molar refractivity (Wildman–Crippen MR) is 114 cm³/mol. The van der Waals surface area contributed by atoms with Crippen LogP contribution < -0.4 is 11.0 Å². The van der Waals surface area contributed by atoms with E-state index in [0.717, 1.165) is 25.6 Å². The maximum Gasteiger partial charge on any atom is 0.282 e. The molecule has 8 heteroatoms. The minimum absolute atomic E-state index is 0.161. The van der Waals surface area contributed by atoms with Gasteiger partial charge in [-0.2, -0.15) is 4.68 Å². The molecule has 0 fully saturated rings. The molecule has 2 N–H and O–H groups in total. The number of rotatable bonds is 3. The molecule has 136 valence electrons. The fourth-order valence-corrected chi connectivity index (χ4v) is 5.02. The third-order valence-corrected chi connectivity index (χ3v) is 6.36. The SMILES string of the molecule is Cc1cc(C(=O)Nn2c(=S)[nH]c3sc(C)c(-c4ccccc4)c3c2=O)cs1. The Kier molecular flexibility index (Phi) is 4.55. The number of nitrogens with zero attached hydrogens (tertiary/aromatic N) is 1. The van der Waals surface area contributed by atoms with E-state index in [9.17, 15) is 9.59 Å². The highest BCUT2D eigenvalue weighted by Gasteiger charge is 2.18. The van der Waals surface area contributed by atoms with Crippen LogP contribution in [0.4, 0.5) is 0 Å². The zero-order valence-corrected chi connectivity index (χ0v) is 17.0. The van der Waals surface area contributed by atoms with Crippen LogP contribution in [0.3, 0.4) is 0 Å². The standard InChI is InChI=1S/C19H15N3O2S3/c1-10-8-13(9-26-10)16(23)21-22-18(24)15-14(12-6-4-3-5-7-12)11(2)27-17(15)20-19(22)25/h3-9H,1-2H3,(H,20,25)(H,21,23). The Hall–Kier alpha value is -2.55. The van der Waals surface area contributed by atoms with E-state index < -0.39 is 0 Å². The Bertz CT molecular complexity index is 1280. The van der Waals surface area contributed by atoms with Crippen LogP contribution in [0.25, 0.3) is 21.3 Å². The number of amides is 1. The van der Waals surface area contributed by atoms with Gasteiger partial charge in [0, 0.05) is 20.7 Å². The summed E-state index contributed by atoms with van der Waals surface area (Å²) >= 11 is 8.27. The lowest BCUT2D eigenvalue weighted by Crippen LogP contribution is -2.34. The molecule has 4 rings (SSSR count). The summed E-state index contributed by atoms with van der Waals surface area (Å²) in [5.74, 6) is -0.367. The van der Waals surface area contributed by atoms with Crippen molar-refractivity contribution in [2.24, 2.45) is 0 Å². The fraction of sp³-hybridized carbons (Fsp3) is 0.105. The fourth-order valence-electron chi connectivity index (χ4n) is 2.98. The number of nitrogens with one attached hydrogen (secondary N) is 2. The van der Waals surface area contributed by atoms with E-state index in [-0.39, 0.29) is 16.2 Å². The minimum atomic E-state index is -0.367. The van der Waals surface area contributed by atoms with Crippen molar-refractivity contribution in [3.8, 4) is 11.1 Å². The molecule has 0 spiro atoms. The van der Waals surface area contributed by atoms with Crippen LogP contribution in [0.2, 0.25) is 0 Å². The molecule has 3 heterocycles. The average molecular weight is 414 g/mol. The third kappa shape index (κ3) is 3.16. The molecule has 0 saturated heterocycles. The first kappa shape index (κ1) is 17.8. The average Bonchev–Trinajstić information content (AvgIpc) is 3.22. The van der Waals surface area contributed by atoms with Crippen molar-refractivity contribution in [3.05, 3.63) is 72.2 Å². The molecule has 1 amide bonds. The van der Waals surface area contributed by atoms with Gasteiger partial charge in [-0.15, -0.1) is 22.7 Å². The number of carbonyl (C=O) groups excluding carboxylic acids is 1. The number of thiophene rings is 2. The Morgan fingerprint density at radius 2 is 1.96 bits per heavy atom. The predicted octanol–water partition coefficient (Wildman–Crippen LogP) is 4.85. The minimum Gasteiger partial charge on any atom is -0.322 e. The number of H-pyrrole nitrogens is 1. The van der Waals surface area contributed by atoms with Crippen LogP contribution >= 0.6 is 34.9 Å². The molecule has 0 unspecified atom stereocenters. The Morgan fingerprint density at radius 1 is 1.22 bits per heavy atom. The lowest BCUT2D eigenvalue weighted by molar-refractivity contribution is 0.101. The molecule has 0 atom stereocenters. The van der Waals surface area contributed by atoms with Crippen LogP contribution in [-0.4, -0.2) is 15.6 Å². The second-order valence-corrected chi connectivity index (χ2v) is 8.79. The van der Waals surface area contributed by atoms with Crippen molar-refractivity contribution < 1.29 is 4.79 Å². The number of hydrogen-bond acceptors (Lipinski definition) is 5. The van der Waals surface area contributed by atoms with E-state index in [1.807, 2.05) is 44.2 Å². The summed E-state index contributed by atoms with van der Waals surface area (Å²) in [5.41, 5.74) is 4.61. The first-order valence-electron chi connectivity index (χ1n) is 8.16. The van der Waals surface area contributed by atoms with Crippen molar-refractivity contribution in [2.45, 2.75) is 13.8 Å². The van der Waals surface area contributed by atoms with E-state index in [1.165, 1.54) is 22.7 Å². The van der Waals surface area contributed by atoms with Gasteiger partial charge in [-0.05, 0) is 37.7 Å². The van der Waals surface area contributed by atoms with Gasteiger partial charge < -0.3 is 4.98 Å². The number of aromatic nitrogens is 2. The molecule has 0 bridgehead atoms. The highest BCUT2D eigenvalue weighted by Crippen LogP contribution is 2.35. The number of hydrogen-bond donors (Lipinski definition) is 2. The van der Waals surface area contributed by atoms with Crippen molar-refractivity contribution >= 4 is 51.0 Å². The maximum absolute atomic E-state index is 13.2. The largest absolute Gasteiger partial charge is 0.322 e. The number of aryl methyl sites for hydroxylation is 2. The second kappa shape index (κ2) is 6.88. The zero-order chi connectivity index (χ0) is 19.1. The summed E-state index contributed by atoms with van der Waals surface area (Å²) in [5, 5.41) is 2.28. The van der Waals surface area contributed by atoms with Gasteiger partial charge >= 0.3 is 0 Å². The van der Waals surface area contributed by atoms with Gasteiger partial charge in [0.25, 0.3) is 11.5 Å². The molecule has 3 aromatic heterocycles. The maximum atomic E-state index is 13.2. The van der Waals surface area contributed by atoms with Gasteiger partial charge in [0.05, 0.1) is 10.9 Å². The van der Waals surface area contributed by atoms with Gasteiger partial charge in [-0.3, -0.25) is 15.0 Å². The van der Waals surface area contributed by atoms with Gasteiger partial charge in [-0.25, -0.2) is 0 Å². The highest BCUT2D eigenvalue weighted by atomic mass is 32.1. The molecule has 5 nitrogen and oxygen atoms in total. The van der Waals surface area contributed by atoms with Crippen molar-refractivity contribution in [2.75, 3.05) is 5.43 Å². The van der Waals surface area contributed by atoms with Crippen LogP contribution in [-0.2, 0) is 0 Å². The number of aromatic amines is 1. The highest BCUT2D eigenvalue weighted by molar-refractivity contribution is 7.71. The molecule has 0 radical (unpaired) electrons. The van der Waals surface area contributed by atoms with E-state index in [0.29, 0.717) is 15.8 Å². The molecule has 0 aliphatic carbocycles. The number of benzene rings is 1. The Morgan fingerprint density at radius 3 is 2.63 bits per heavy atom. The van der Waals surface area contributed by atoms with E-state index in [1.54, 1.807) is 11.4 Å². The van der Waals surface area contributed by atoms with E-state index in [4.69, 9.17) is 12.2 Å². The monoisotopic (exact) mass is 413 g/mol. The molecule has 0 saturated carbocycles. The zero-order valence-electron chi connectivity index (χ0n) is 14.5. The molecule has 27 heavy (non-hydrogen) atoms. The van der Waals surface area contributed by atoms with Crippen molar-refractivity contribution in [1.82, 2.24) is 9.66 Å². The Balaban J connectivity index is 1.89. The summed E-state index contributed by atoms with van der Waals surface area (Å²) in [4.78, 5) is 31.5. The summed E-state index contributed by atoms with van der Waals surface area (Å²) in [6.07, 6.45) is 0. The van der Waals surface area contributed by atoms with Gasteiger partial charge in [0.15, 0.2) is 0 Å². The quantitative estimate of drug-likeness (QED) is 0.472. The summed E-state index contributed by atoms with van der Waals surface area (Å²) in [7, 11) is 0. The van der Waals surface area contributed by atoms with Gasteiger partial charge in [0.1, 0.15) is 4.83 Å². The van der Waals surface area contributed by atoms with Crippen molar-refractivity contribution in [1.29, 1.82) is 0 Å². The summed E-state index contributed by atoms with van der Waals surface area (Å²) in [6.45, 7) is 3.90. The smallest absolute Gasteiger partial charge is 0.282 e. The van der Waals surface area contributed by atoms with Crippen LogP contribution in [0.1, 0.15) is 20.1 Å². The lowest BCUT2D eigenvalue weighted by Gasteiger charge is -2.08. The molecular formula is C19H15N3O2S3. The summed E-state index contributed by atoms with van der Waals surface area (Å²) in [6, 6.07) is 11.5. The first-order valence-corrected chi connectivity index (χ1v) is 10.3. The lowest BCUT2D eigenvalue weighted by atomic mass is 10.0. The van der Waals surface area contributed by atoms with Crippen molar-refractivity contribution in [3.63, 3.8) is 0 Å². The van der Waals surface area contributed by atoms with Crippen LogP contribution in [0.5, 0.6) is 0 Å². The molecule has 0 aliphatic heterocycles. The van der Waals surface area contributed by atoms with Gasteiger partial charge in [-0.1, -0.05) is 30.3 Å². The molecular weight excluding hydrogens is 398 g/mol. The topological polar surface area (TPSA) is 66.9 Å². The van der Waals surface area contributed by atoms with Crippen LogP contribution in [0, 0.1) is 18.6 Å². The van der Waals surface area contributed by atoms with E-state index in [2.05, 4.69) is 10.4 Å². The van der Waals surface area contributed by atoms with Gasteiger partial charge in [0.2, 0.25) is 4.77 Å². The second-order valence-electron chi connectivity index (χ2n) is 6.06.